The lowest BCUT2D eigenvalue weighted by Gasteiger charge is -2.34. The standard InChI is InChI=1S/C18H24N4O3/c1-25-12-2-7-20-17(23)14-21-8-10-22(11-9-21)18(24)16-5-3-15(13-19)4-6-16/h3-6H,2,7-12,14H2,1H3,(H,20,23). The van der Waals surface area contributed by atoms with Gasteiger partial charge in [-0.1, -0.05) is 0 Å². The molecule has 1 aromatic carbocycles. The van der Waals surface area contributed by atoms with Gasteiger partial charge >= 0.3 is 0 Å². The second-order valence-corrected chi connectivity index (χ2v) is 5.95. The Balaban J connectivity index is 1.74. The first-order chi connectivity index (χ1) is 12.1. The van der Waals surface area contributed by atoms with E-state index in [0.717, 1.165) is 6.42 Å². The Labute approximate surface area is 148 Å². The number of piperazine rings is 1. The topological polar surface area (TPSA) is 85.7 Å². The molecule has 0 atom stereocenters. The molecule has 0 saturated carbocycles. The normalized spacial score (nSPS) is 14.8. The van der Waals surface area contributed by atoms with Crippen LogP contribution in [0.15, 0.2) is 24.3 Å². The Morgan fingerprint density at radius 3 is 2.48 bits per heavy atom. The number of carbonyl (C=O) groups is 2. The van der Waals surface area contributed by atoms with Crippen LogP contribution in [0.25, 0.3) is 0 Å². The summed E-state index contributed by atoms with van der Waals surface area (Å²) in [6.07, 6.45) is 0.801. The summed E-state index contributed by atoms with van der Waals surface area (Å²) in [4.78, 5) is 28.2. The second kappa shape index (κ2) is 9.77. The number of hydrogen-bond donors (Lipinski definition) is 1. The molecule has 1 aliphatic rings. The summed E-state index contributed by atoms with van der Waals surface area (Å²) in [5, 5.41) is 11.7. The molecule has 1 fully saturated rings. The summed E-state index contributed by atoms with van der Waals surface area (Å²) >= 11 is 0. The van der Waals surface area contributed by atoms with Crippen molar-refractivity contribution in [3.8, 4) is 6.07 Å². The smallest absolute Gasteiger partial charge is 0.253 e. The predicted octanol–water partition coefficient (Wildman–Crippen LogP) is 0.469. The average Bonchev–Trinajstić information content (AvgIpc) is 2.65. The van der Waals surface area contributed by atoms with E-state index < -0.39 is 0 Å². The van der Waals surface area contributed by atoms with Gasteiger partial charge in [-0.2, -0.15) is 5.26 Å². The highest BCUT2D eigenvalue weighted by Gasteiger charge is 2.23. The molecule has 7 nitrogen and oxygen atoms in total. The third-order valence-corrected chi connectivity index (χ3v) is 4.14. The van der Waals surface area contributed by atoms with Crippen molar-refractivity contribution in [3.63, 3.8) is 0 Å². The number of rotatable bonds is 7. The molecule has 1 saturated heterocycles. The van der Waals surface area contributed by atoms with E-state index in [4.69, 9.17) is 10.00 Å². The first-order valence-electron chi connectivity index (χ1n) is 8.41. The van der Waals surface area contributed by atoms with Crippen LogP contribution < -0.4 is 5.32 Å². The lowest BCUT2D eigenvalue weighted by atomic mass is 10.1. The maximum absolute atomic E-state index is 12.5. The largest absolute Gasteiger partial charge is 0.385 e. The Bertz CT molecular complexity index is 616. The van der Waals surface area contributed by atoms with Gasteiger partial charge < -0.3 is 15.0 Å². The molecular weight excluding hydrogens is 320 g/mol. The molecular formula is C18H24N4O3. The molecule has 0 radical (unpaired) electrons. The number of ether oxygens (including phenoxy) is 1. The lowest BCUT2D eigenvalue weighted by Crippen LogP contribution is -2.51. The maximum Gasteiger partial charge on any atom is 0.253 e. The third-order valence-electron chi connectivity index (χ3n) is 4.14. The number of nitriles is 1. The van der Waals surface area contributed by atoms with Gasteiger partial charge in [-0.15, -0.1) is 0 Å². The van der Waals surface area contributed by atoms with E-state index in [1.165, 1.54) is 0 Å². The highest BCUT2D eigenvalue weighted by Crippen LogP contribution is 2.10. The van der Waals surface area contributed by atoms with Crippen molar-refractivity contribution >= 4 is 11.8 Å². The van der Waals surface area contributed by atoms with Gasteiger partial charge in [-0.05, 0) is 30.7 Å². The van der Waals surface area contributed by atoms with Gasteiger partial charge in [0.2, 0.25) is 5.91 Å². The van der Waals surface area contributed by atoms with Crippen LogP contribution in [-0.4, -0.2) is 74.6 Å². The van der Waals surface area contributed by atoms with Gasteiger partial charge in [0.15, 0.2) is 0 Å². The SMILES string of the molecule is COCCCNC(=O)CN1CCN(C(=O)c2ccc(C#N)cc2)CC1. The molecule has 1 aliphatic heterocycles. The van der Waals surface area contributed by atoms with E-state index in [9.17, 15) is 9.59 Å². The summed E-state index contributed by atoms with van der Waals surface area (Å²) in [7, 11) is 1.64. The highest BCUT2D eigenvalue weighted by molar-refractivity contribution is 5.94. The molecule has 0 spiro atoms. The van der Waals surface area contributed by atoms with Crippen molar-refractivity contribution in [1.82, 2.24) is 15.1 Å². The monoisotopic (exact) mass is 344 g/mol. The van der Waals surface area contributed by atoms with Gasteiger partial charge in [-0.3, -0.25) is 14.5 Å². The minimum absolute atomic E-state index is 0.00275. The second-order valence-electron chi connectivity index (χ2n) is 5.95. The van der Waals surface area contributed by atoms with Crippen molar-refractivity contribution in [2.24, 2.45) is 0 Å². The van der Waals surface area contributed by atoms with E-state index in [0.29, 0.717) is 57.0 Å². The maximum atomic E-state index is 12.5. The minimum atomic E-state index is -0.0341. The van der Waals surface area contributed by atoms with Crippen molar-refractivity contribution in [2.75, 3.05) is 53.0 Å². The molecule has 25 heavy (non-hydrogen) atoms. The van der Waals surface area contributed by atoms with Gasteiger partial charge in [0.25, 0.3) is 5.91 Å². The van der Waals surface area contributed by atoms with Crippen LogP contribution in [0, 0.1) is 11.3 Å². The van der Waals surface area contributed by atoms with Gasteiger partial charge in [0, 0.05) is 52.0 Å². The average molecular weight is 344 g/mol. The zero-order chi connectivity index (χ0) is 18.1. The van der Waals surface area contributed by atoms with Crippen LogP contribution in [0.5, 0.6) is 0 Å². The predicted molar refractivity (Wildman–Crippen MR) is 93.0 cm³/mol. The Hall–Kier alpha value is -2.43. The van der Waals surface area contributed by atoms with Crippen molar-refractivity contribution in [1.29, 1.82) is 5.26 Å². The summed E-state index contributed by atoms with van der Waals surface area (Å²) in [6.45, 7) is 4.14. The molecule has 1 aromatic rings. The zero-order valence-corrected chi connectivity index (χ0v) is 14.5. The van der Waals surface area contributed by atoms with Crippen LogP contribution in [0.1, 0.15) is 22.3 Å². The number of nitrogens with one attached hydrogen (secondary N) is 1. The summed E-state index contributed by atoms with van der Waals surface area (Å²) in [5.41, 5.74) is 1.13. The molecule has 0 unspecified atom stereocenters. The fourth-order valence-electron chi connectivity index (χ4n) is 2.68. The van der Waals surface area contributed by atoms with Crippen molar-refractivity contribution < 1.29 is 14.3 Å². The molecule has 0 aliphatic carbocycles. The zero-order valence-electron chi connectivity index (χ0n) is 14.5. The third kappa shape index (κ3) is 5.85. The number of nitrogens with zero attached hydrogens (tertiary/aromatic N) is 3. The molecule has 1 N–H and O–H groups in total. The molecule has 2 amide bonds. The quantitative estimate of drug-likeness (QED) is 0.727. The number of benzene rings is 1. The van der Waals surface area contributed by atoms with Crippen LogP contribution in [0.4, 0.5) is 0 Å². The van der Waals surface area contributed by atoms with Gasteiger partial charge in [-0.25, -0.2) is 0 Å². The highest BCUT2D eigenvalue weighted by atomic mass is 16.5. The van der Waals surface area contributed by atoms with E-state index in [2.05, 4.69) is 5.32 Å². The van der Waals surface area contributed by atoms with Crippen LogP contribution in [0.2, 0.25) is 0 Å². The minimum Gasteiger partial charge on any atom is -0.385 e. The van der Waals surface area contributed by atoms with Gasteiger partial charge in [0.05, 0.1) is 18.2 Å². The van der Waals surface area contributed by atoms with Crippen LogP contribution in [0.3, 0.4) is 0 Å². The summed E-state index contributed by atoms with van der Waals surface area (Å²) in [5.74, 6) is -0.0314. The van der Waals surface area contributed by atoms with Crippen molar-refractivity contribution in [3.05, 3.63) is 35.4 Å². The fraction of sp³-hybridized carbons (Fsp3) is 0.500. The molecule has 2 rings (SSSR count). The molecule has 0 bridgehead atoms. The summed E-state index contributed by atoms with van der Waals surface area (Å²) < 4.78 is 4.94. The molecule has 1 heterocycles. The molecule has 0 aromatic heterocycles. The van der Waals surface area contributed by atoms with Crippen molar-refractivity contribution in [2.45, 2.75) is 6.42 Å². The number of methoxy groups -OCH3 is 1. The van der Waals surface area contributed by atoms with Crippen LogP contribution >= 0.6 is 0 Å². The number of carbonyl (C=O) groups excluding carboxylic acids is 2. The van der Waals surface area contributed by atoms with E-state index >= 15 is 0 Å². The molecule has 7 heteroatoms. The van der Waals surface area contributed by atoms with E-state index in [-0.39, 0.29) is 11.8 Å². The summed E-state index contributed by atoms with van der Waals surface area (Å²) in [6, 6.07) is 8.70. The number of hydrogen-bond acceptors (Lipinski definition) is 5. The first-order valence-corrected chi connectivity index (χ1v) is 8.41. The Kier molecular flexibility index (Phi) is 7.38. The van der Waals surface area contributed by atoms with Gasteiger partial charge in [0.1, 0.15) is 0 Å². The van der Waals surface area contributed by atoms with E-state index in [1.807, 2.05) is 11.0 Å². The van der Waals surface area contributed by atoms with Crippen LogP contribution in [-0.2, 0) is 9.53 Å². The lowest BCUT2D eigenvalue weighted by molar-refractivity contribution is -0.122. The van der Waals surface area contributed by atoms with E-state index in [1.54, 1.807) is 36.3 Å². The Morgan fingerprint density at radius 2 is 1.88 bits per heavy atom. The molecule has 134 valence electrons. The Morgan fingerprint density at radius 1 is 1.20 bits per heavy atom. The fourth-order valence-corrected chi connectivity index (χ4v) is 2.68. The number of amides is 2. The first kappa shape index (κ1) is 18.9.